The van der Waals surface area contributed by atoms with Gasteiger partial charge in [0.25, 0.3) is 0 Å². The Balaban J connectivity index is 1.33. The molecule has 0 fully saturated rings. The van der Waals surface area contributed by atoms with E-state index in [9.17, 15) is 5.11 Å². The van der Waals surface area contributed by atoms with Crippen molar-refractivity contribution in [3.05, 3.63) is 88.2 Å². The molecule has 188 valence electrons. The zero-order valence-electron chi connectivity index (χ0n) is 21.9. The third-order valence-corrected chi connectivity index (χ3v) is 7.84. The summed E-state index contributed by atoms with van der Waals surface area (Å²) in [6.07, 6.45) is 3.63. The van der Waals surface area contributed by atoms with E-state index in [-0.39, 0.29) is 23.3 Å². The highest BCUT2D eigenvalue weighted by molar-refractivity contribution is 5.97. The first-order chi connectivity index (χ1) is 17.7. The molecule has 3 heterocycles. The molecule has 2 atom stereocenters. The predicted molar refractivity (Wildman–Crippen MR) is 145 cm³/mol. The summed E-state index contributed by atoms with van der Waals surface area (Å²) >= 11 is 0. The molecular formula is C31H31N3O3. The van der Waals surface area contributed by atoms with Crippen molar-refractivity contribution in [1.82, 2.24) is 9.97 Å². The number of hydrogen-bond donors (Lipinski definition) is 1. The molecular weight excluding hydrogens is 462 g/mol. The molecule has 2 aliphatic rings. The van der Waals surface area contributed by atoms with Crippen molar-refractivity contribution in [1.29, 1.82) is 0 Å². The first-order valence-electron chi connectivity index (χ1n) is 12.8. The quantitative estimate of drug-likeness (QED) is 0.353. The number of ether oxygens (including phenoxy) is 2. The fraction of sp³-hybridized carbons (Fsp3) is 0.323. The molecule has 6 nitrogen and oxygen atoms in total. The lowest BCUT2D eigenvalue weighted by Crippen LogP contribution is -2.40. The predicted octanol–water partition coefficient (Wildman–Crippen LogP) is 6.49. The normalized spacial score (nSPS) is 20.0. The summed E-state index contributed by atoms with van der Waals surface area (Å²) in [7, 11) is 0. The fourth-order valence-electron chi connectivity index (χ4n) is 5.74. The summed E-state index contributed by atoms with van der Waals surface area (Å²) < 4.78 is 12.9. The summed E-state index contributed by atoms with van der Waals surface area (Å²) in [6, 6.07) is 16.5. The summed E-state index contributed by atoms with van der Waals surface area (Å²) in [5.74, 6) is 1.83. The number of rotatable bonds is 3. The van der Waals surface area contributed by atoms with Crippen LogP contribution in [0.25, 0.3) is 10.9 Å². The molecule has 2 aromatic carbocycles. The van der Waals surface area contributed by atoms with Crippen LogP contribution in [0.4, 0.5) is 0 Å². The smallest absolute Gasteiger partial charge is 0.219 e. The maximum Gasteiger partial charge on any atom is 0.219 e. The highest BCUT2D eigenvalue weighted by Gasteiger charge is 2.46. The van der Waals surface area contributed by atoms with E-state index in [1.165, 1.54) is 11.1 Å². The second-order valence-electron chi connectivity index (χ2n) is 10.8. The van der Waals surface area contributed by atoms with Gasteiger partial charge in [-0.1, -0.05) is 44.2 Å². The SMILES string of the molecule is Cc1cc(C)c(C2=N[C@H]3CCc4ccccc4C(C)(C)[C@@H]3O2)cc1Oc1ccc2cnc(C)c(O)c2n1. The molecule has 0 unspecified atom stereocenters. The fourth-order valence-corrected chi connectivity index (χ4v) is 5.74. The van der Waals surface area contributed by atoms with Crippen LogP contribution in [0.2, 0.25) is 0 Å². The summed E-state index contributed by atoms with van der Waals surface area (Å²) in [5.41, 5.74) is 6.59. The zero-order chi connectivity index (χ0) is 25.9. The number of pyridine rings is 2. The van der Waals surface area contributed by atoms with Gasteiger partial charge in [-0.15, -0.1) is 0 Å². The molecule has 1 aliphatic heterocycles. The van der Waals surface area contributed by atoms with Crippen molar-refractivity contribution in [2.45, 2.75) is 65.0 Å². The van der Waals surface area contributed by atoms with Gasteiger partial charge < -0.3 is 14.6 Å². The second-order valence-corrected chi connectivity index (χ2v) is 10.8. The van der Waals surface area contributed by atoms with Crippen molar-refractivity contribution in [3.63, 3.8) is 0 Å². The molecule has 0 radical (unpaired) electrons. The third kappa shape index (κ3) is 3.91. The number of aromatic hydroxyl groups is 1. The Bertz CT molecular complexity index is 1570. The second kappa shape index (κ2) is 8.58. The minimum Gasteiger partial charge on any atom is -0.504 e. The van der Waals surface area contributed by atoms with E-state index in [2.05, 4.69) is 61.1 Å². The molecule has 1 aliphatic carbocycles. The van der Waals surface area contributed by atoms with E-state index in [1.54, 1.807) is 19.2 Å². The van der Waals surface area contributed by atoms with Crippen LogP contribution in [0, 0.1) is 20.8 Å². The van der Waals surface area contributed by atoms with Gasteiger partial charge in [0.1, 0.15) is 17.4 Å². The summed E-state index contributed by atoms with van der Waals surface area (Å²) in [4.78, 5) is 13.9. The molecule has 6 rings (SSSR count). The minimum atomic E-state index is -0.162. The van der Waals surface area contributed by atoms with Crippen LogP contribution in [0.15, 0.2) is 59.7 Å². The summed E-state index contributed by atoms with van der Waals surface area (Å²) in [6.45, 7) is 10.4. The van der Waals surface area contributed by atoms with Crippen molar-refractivity contribution in [2.75, 3.05) is 0 Å². The summed E-state index contributed by atoms with van der Waals surface area (Å²) in [5, 5.41) is 11.2. The topological polar surface area (TPSA) is 76.8 Å². The third-order valence-electron chi connectivity index (χ3n) is 7.84. The van der Waals surface area contributed by atoms with Crippen LogP contribution in [-0.4, -0.2) is 33.1 Å². The molecule has 0 saturated heterocycles. The van der Waals surface area contributed by atoms with E-state index < -0.39 is 0 Å². The number of hydrogen-bond acceptors (Lipinski definition) is 6. The lowest BCUT2D eigenvalue weighted by Gasteiger charge is -2.33. The van der Waals surface area contributed by atoms with Gasteiger partial charge in [-0.05, 0) is 68.0 Å². The molecule has 0 spiro atoms. The zero-order valence-corrected chi connectivity index (χ0v) is 21.9. The van der Waals surface area contributed by atoms with Crippen LogP contribution >= 0.6 is 0 Å². The van der Waals surface area contributed by atoms with Crippen molar-refractivity contribution >= 4 is 16.8 Å². The molecule has 37 heavy (non-hydrogen) atoms. The van der Waals surface area contributed by atoms with Gasteiger partial charge in [0.2, 0.25) is 11.8 Å². The van der Waals surface area contributed by atoms with E-state index in [1.807, 2.05) is 19.1 Å². The van der Waals surface area contributed by atoms with Crippen molar-refractivity contribution in [2.24, 2.45) is 4.99 Å². The minimum absolute atomic E-state index is 0.0294. The Hall–Kier alpha value is -3.93. The number of aryl methyl sites for hydroxylation is 4. The van der Waals surface area contributed by atoms with Gasteiger partial charge in [-0.2, -0.15) is 0 Å². The highest BCUT2D eigenvalue weighted by Crippen LogP contribution is 2.42. The van der Waals surface area contributed by atoms with Crippen molar-refractivity contribution in [3.8, 4) is 17.4 Å². The number of aromatic nitrogens is 2. The number of aliphatic imine (C=N–C) groups is 1. The average molecular weight is 494 g/mol. The maximum atomic E-state index is 10.4. The van der Waals surface area contributed by atoms with Gasteiger partial charge in [-0.25, -0.2) is 9.98 Å². The number of fused-ring (bicyclic) bond motifs is 3. The van der Waals surface area contributed by atoms with Crippen molar-refractivity contribution < 1.29 is 14.6 Å². The van der Waals surface area contributed by atoms with E-state index in [0.717, 1.165) is 34.9 Å². The van der Waals surface area contributed by atoms with Crippen LogP contribution < -0.4 is 4.74 Å². The molecule has 0 amide bonds. The van der Waals surface area contributed by atoms with Crippen LogP contribution in [-0.2, 0) is 16.6 Å². The maximum absolute atomic E-state index is 10.4. The molecule has 6 heteroatoms. The Morgan fingerprint density at radius 1 is 1.03 bits per heavy atom. The number of benzene rings is 2. The van der Waals surface area contributed by atoms with Gasteiger partial charge in [0.15, 0.2) is 5.75 Å². The van der Waals surface area contributed by atoms with Gasteiger partial charge in [-0.3, -0.25) is 4.98 Å². The van der Waals surface area contributed by atoms with Gasteiger partial charge >= 0.3 is 0 Å². The number of nitrogens with zero attached hydrogens (tertiary/aromatic N) is 3. The van der Waals surface area contributed by atoms with E-state index >= 15 is 0 Å². The van der Waals surface area contributed by atoms with Crippen LogP contribution in [0.5, 0.6) is 17.4 Å². The Labute approximate surface area is 217 Å². The van der Waals surface area contributed by atoms with E-state index in [4.69, 9.17) is 14.5 Å². The lowest BCUT2D eigenvalue weighted by atomic mass is 9.77. The average Bonchev–Trinajstić information content (AvgIpc) is 3.28. The standard InChI is InChI=1S/C31H31N3O3/c1-17-14-18(2)25(36-26-13-11-21-16-32-19(3)28(35)27(21)34-26)15-22(17)30-33-24-12-10-20-8-6-7-9-23(20)31(4,5)29(24)37-30/h6-9,11,13-16,24,29,35H,10,12H2,1-5H3/t24-,29+/m0/s1. The van der Waals surface area contributed by atoms with Crippen LogP contribution in [0.3, 0.4) is 0 Å². The van der Waals surface area contributed by atoms with E-state index in [0.29, 0.717) is 28.7 Å². The molecule has 0 saturated carbocycles. The lowest BCUT2D eigenvalue weighted by molar-refractivity contribution is 0.116. The Kier molecular flexibility index (Phi) is 5.44. The molecule has 0 bridgehead atoms. The van der Waals surface area contributed by atoms with Crippen LogP contribution in [0.1, 0.15) is 53.8 Å². The first kappa shape index (κ1) is 23.5. The Morgan fingerprint density at radius 2 is 1.84 bits per heavy atom. The largest absolute Gasteiger partial charge is 0.504 e. The monoisotopic (exact) mass is 493 g/mol. The molecule has 4 aromatic rings. The Morgan fingerprint density at radius 3 is 2.68 bits per heavy atom. The molecule has 1 N–H and O–H groups in total. The first-order valence-corrected chi connectivity index (χ1v) is 12.8. The van der Waals surface area contributed by atoms with Gasteiger partial charge in [0.05, 0.1) is 11.7 Å². The highest BCUT2D eigenvalue weighted by atomic mass is 16.5. The molecule has 2 aromatic heterocycles. The van der Waals surface area contributed by atoms with Gasteiger partial charge in [0, 0.05) is 28.6 Å².